The first-order chi connectivity index (χ1) is 6.42. The van der Waals surface area contributed by atoms with Gasteiger partial charge in [-0.25, -0.2) is 0 Å². The number of hydrogen-bond donors (Lipinski definition) is 0. The Balaban J connectivity index is 1.79. The molecule has 0 saturated carbocycles. The SMILES string of the molecule is c1ccc(N2CC3CC(C2)S3)cc1. The summed E-state index contributed by atoms with van der Waals surface area (Å²) >= 11 is 2.17. The van der Waals surface area contributed by atoms with E-state index in [4.69, 9.17) is 0 Å². The lowest BCUT2D eigenvalue weighted by Gasteiger charge is -2.47. The van der Waals surface area contributed by atoms with Crippen LogP contribution >= 0.6 is 11.8 Å². The number of hydrogen-bond acceptors (Lipinski definition) is 2. The minimum atomic E-state index is 0.916. The Morgan fingerprint density at radius 2 is 1.69 bits per heavy atom. The van der Waals surface area contributed by atoms with Crippen LogP contribution in [-0.4, -0.2) is 23.6 Å². The van der Waals surface area contributed by atoms with Gasteiger partial charge in [0.2, 0.25) is 0 Å². The van der Waals surface area contributed by atoms with Crippen LogP contribution in [0.25, 0.3) is 0 Å². The number of anilines is 1. The summed E-state index contributed by atoms with van der Waals surface area (Å²) in [4.78, 5) is 2.52. The van der Waals surface area contributed by atoms with Gasteiger partial charge in [0.1, 0.15) is 0 Å². The molecule has 0 amide bonds. The molecule has 2 bridgehead atoms. The van der Waals surface area contributed by atoms with E-state index in [1.54, 1.807) is 0 Å². The van der Waals surface area contributed by atoms with Crippen LogP contribution < -0.4 is 4.90 Å². The topological polar surface area (TPSA) is 3.24 Å². The smallest absolute Gasteiger partial charge is 0.0366 e. The van der Waals surface area contributed by atoms with Crippen molar-refractivity contribution in [3.05, 3.63) is 30.3 Å². The third-order valence-corrected chi connectivity index (χ3v) is 4.33. The molecular weight excluding hydrogens is 178 g/mol. The number of fused-ring (bicyclic) bond motifs is 2. The van der Waals surface area contributed by atoms with E-state index in [9.17, 15) is 0 Å². The lowest BCUT2D eigenvalue weighted by molar-refractivity contribution is 0.558. The molecule has 3 heterocycles. The summed E-state index contributed by atoms with van der Waals surface area (Å²) in [5.74, 6) is 0. The first kappa shape index (κ1) is 7.74. The molecule has 2 unspecified atom stereocenters. The van der Waals surface area contributed by atoms with Crippen LogP contribution in [0, 0.1) is 0 Å². The number of nitrogens with zero attached hydrogens (tertiary/aromatic N) is 1. The zero-order chi connectivity index (χ0) is 8.67. The molecule has 3 saturated heterocycles. The molecule has 0 spiro atoms. The van der Waals surface area contributed by atoms with E-state index in [2.05, 4.69) is 47.0 Å². The van der Waals surface area contributed by atoms with Crippen molar-refractivity contribution >= 4 is 17.4 Å². The Morgan fingerprint density at radius 1 is 1.08 bits per heavy atom. The van der Waals surface area contributed by atoms with E-state index in [0.29, 0.717) is 0 Å². The van der Waals surface area contributed by atoms with Crippen LogP contribution in [0.15, 0.2) is 30.3 Å². The third kappa shape index (κ3) is 1.33. The van der Waals surface area contributed by atoms with Gasteiger partial charge >= 0.3 is 0 Å². The van der Waals surface area contributed by atoms with Crippen LogP contribution in [0.2, 0.25) is 0 Å². The maximum absolute atomic E-state index is 2.52. The molecule has 1 aromatic carbocycles. The molecule has 3 fully saturated rings. The van der Waals surface area contributed by atoms with Crippen LogP contribution in [0.3, 0.4) is 0 Å². The molecule has 2 heteroatoms. The van der Waals surface area contributed by atoms with Crippen molar-refractivity contribution in [2.75, 3.05) is 18.0 Å². The molecule has 0 N–H and O–H groups in total. The van der Waals surface area contributed by atoms with E-state index in [1.807, 2.05) is 0 Å². The van der Waals surface area contributed by atoms with Crippen molar-refractivity contribution in [2.45, 2.75) is 16.9 Å². The second-order valence-corrected chi connectivity index (χ2v) is 5.46. The maximum Gasteiger partial charge on any atom is 0.0366 e. The molecule has 2 atom stereocenters. The average molecular weight is 191 g/mol. The Labute approximate surface area is 83.1 Å². The first-order valence-electron chi connectivity index (χ1n) is 4.87. The van der Waals surface area contributed by atoms with Gasteiger partial charge in [0.05, 0.1) is 0 Å². The van der Waals surface area contributed by atoms with E-state index < -0.39 is 0 Å². The van der Waals surface area contributed by atoms with E-state index in [0.717, 1.165) is 10.5 Å². The molecule has 1 nitrogen and oxygen atoms in total. The molecule has 0 aliphatic carbocycles. The van der Waals surface area contributed by atoms with Crippen molar-refractivity contribution in [1.29, 1.82) is 0 Å². The van der Waals surface area contributed by atoms with Gasteiger partial charge in [-0.05, 0) is 18.6 Å². The molecule has 1 aromatic rings. The van der Waals surface area contributed by atoms with Gasteiger partial charge in [-0.1, -0.05) is 18.2 Å². The van der Waals surface area contributed by atoms with Crippen LogP contribution in [-0.2, 0) is 0 Å². The van der Waals surface area contributed by atoms with Crippen molar-refractivity contribution in [3.63, 3.8) is 0 Å². The molecule has 3 aliphatic rings. The Bertz CT molecular complexity index is 282. The van der Waals surface area contributed by atoms with Gasteiger partial charge in [0, 0.05) is 29.3 Å². The Kier molecular flexibility index (Phi) is 1.76. The minimum Gasteiger partial charge on any atom is -0.369 e. The fraction of sp³-hybridized carbons (Fsp3) is 0.455. The third-order valence-electron chi connectivity index (χ3n) is 2.88. The van der Waals surface area contributed by atoms with Gasteiger partial charge in [-0.3, -0.25) is 0 Å². The van der Waals surface area contributed by atoms with Crippen molar-refractivity contribution < 1.29 is 0 Å². The Hall–Kier alpha value is -0.630. The van der Waals surface area contributed by atoms with Gasteiger partial charge < -0.3 is 4.90 Å². The molecule has 0 radical (unpaired) electrons. The van der Waals surface area contributed by atoms with Crippen LogP contribution in [0.5, 0.6) is 0 Å². The van der Waals surface area contributed by atoms with Crippen molar-refractivity contribution in [1.82, 2.24) is 0 Å². The second-order valence-electron chi connectivity index (χ2n) is 3.86. The molecular formula is C11H13NS. The summed E-state index contributed by atoms with van der Waals surface area (Å²) < 4.78 is 0. The quantitative estimate of drug-likeness (QED) is 0.670. The summed E-state index contributed by atoms with van der Waals surface area (Å²) in [6.07, 6.45) is 1.45. The normalized spacial score (nSPS) is 31.2. The fourth-order valence-electron chi connectivity index (χ4n) is 2.21. The minimum absolute atomic E-state index is 0.916. The highest BCUT2D eigenvalue weighted by molar-refractivity contribution is 8.02. The van der Waals surface area contributed by atoms with Gasteiger partial charge in [-0.15, -0.1) is 0 Å². The largest absolute Gasteiger partial charge is 0.369 e. The van der Waals surface area contributed by atoms with Gasteiger partial charge in [0.15, 0.2) is 0 Å². The standard InChI is InChI=1S/C11H13NS/c1-2-4-9(5-3-1)12-7-10-6-11(8-12)13-10/h1-5,10-11H,6-8H2. The van der Waals surface area contributed by atoms with E-state index >= 15 is 0 Å². The second kappa shape index (κ2) is 2.95. The lowest BCUT2D eigenvalue weighted by atomic mass is 10.1. The number of piperidine rings is 1. The van der Waals surface area contributed by atoms with Crippen molar-refractivity contribution in [2.24, 2.45) is 0 Å². The number of thioether (sulfide) groups is 1. The van der Waals surface area contributed by atoms with E-state index in [-0.39, 0.29) is 0 Å². The predicted molar refractivity (Wildman–Crippen MR) is 58.4 cm³/mol. The molecule has 13 heavy (non-hydrogen) atoms. The first-order valence-corrected chi connectivity index (χ1v) is 5.81. The zero-order valence-corrected chi connectivity index (χ0v) is 8.33. The molecule has 4 rings (SSSR count). The zero-order valence-electron chi connectivity index (χ0n) is 7.52. The summed E-state index contributed by atoms with van der Waals surface area (Å²) in [7, 11) is 0. The predicted octanol–water partition coefficient (Wildman–Crippen LogP) is 2.38. The summed E-state index contributed by atoms with van der Waals surface area (Å²) in [6.45, 7) is 2.51. The fourth-order valence-corrected chi connectivity index (χ4v) is 3.61. The monoisotopic (exact) mass is 191 g/mol. The van der Waals surface area contributed by atoms with Gasteiger partial charge in [0.25, 0.3) is 0 Å². The van der Waals surface area contributed by atoms with E-state index in [1.165, 1.54) is 25.2 Å². The van der Waals surface area contributed by atoms with Gasteiger partial charge in [-0.2, -0.15) is 11.8 Å². The summed E-state index contributed by atoms with van der Waals surface area (Å²) in [5, 5.41) is 1.83. The number of rotatable bonds is 1. The highest BCUT2D eigenvalue weighted by Crippen LogP contribution is 2.42. The maximum atomic E-state index is 2.52. The molecule has 68 valence electrons. The highest BCUT2D eigenvalue weighted by atomic mass is 32.2. The van der Waals surface area contributed by atoms with Crippen LogP contribution in [0.1, 0.15) is 6.42 Å². The summed E-state index contributed by atoms with van der Waals surface area (Å²) in [5.41, 5.74) is 1.40. The number of para-hydroxylation sites is 1. The summed E-state index contributed by atoms with van der Waals surface area (Å²) in [6, 6.07) is 10.8. The average Bonchev–Trinajstić information content (AvgIpc) is 2.18. The lowest BCUT2D eigenvalue weighted by Crippen LogP contribution is -2.51. The number of benzene rings is 1. The Morgan fingerprint density at radius 3 is 2.31 bits per heavy atom. The van der Waals surface area contributed by atoms with Crippen molar-refractivity contribution in [3.8, 4) is 0 Å². The molecule has 0 aromatic heterocycles. The molecule has 3 aliphatic heterocycles. The van der Waals surface area contributed by atoms with Crippen LogP contribution in [0.4, 0.5) is 5.69 Å². The highest BCUT2D eigenvalue weighted by Gasteiger charge is 2.37.